The molecule has 0 saturated carbocycles. The summed E-state index contributed by atoms with van der Waals surface area (Å²) in [7, 11) is 0. The van der Waals surface area contributed by atoms with E-state index in [-0.39, 0.29) is 6.61 Å². The number of aliphatic hydroxyl groups is 1. The molecule has 1 aromatic rings. The van der Waals surface area contributed by atoms with E-state index in [1.807, 2.05) is 6.07 Å². The summed E-state index contributed by atoms with van der Waals surface area (Å²) >= 11 is 3.33. The summed E-state index contributed by atoms with van der Waals surface area (Å²) < 4.78 is 5.97. The lowest BCUT2D eigenvalue weighted by Crippen LogP contribution is -2.11. The second-order valence-electron chi connectivity index (χ2n) is 3.10. The first-order valence-electron chi connectivity index (χ1n) is 4.89. The number of rotatable bonds is 6. The maximum Gasteiger partial charge on any atom is 0.0992 e. The van der Waals surface area contributed by atoms with Crippen LogP contribution in [0.4, 0.5) is 5.69 Å². The van der Waals surface area contributed by atoms with Crippen molar-refractivity contribution in [3.63, 3.8) is 0 Å². The molecule has 0 fully saturated rings. The SMILES string of the molecule is N#Cc1cc(Br)cc(NCCOCCO)c1. The third-order valence-electron chi connectivity index (χ3n) is 1.84. The molecule has 0 unspecified atom stereocenters. The lowest BCUT2D eigenvalue weighted by Gasteiger charge is -2.07. The summed E-state index contributed by atoms with van der Waals surface area (Å²) in [5, 5.41) is 20.4. The van der Waals surface area contributed by atoms with Crippen molar-refractivity contribution in [2.45, 2.75) is 0 Å². The number of nitrogens with one attached hydrogen (secondary N) is 1. The van der Waals surface area contributed by atoms with E-state index in [1.165, 1.54) is 0 Å². The zero-order chi connectivity index (χ0) is 11.8. The number of nitrogens with zero attached hydrogens (tertiary/aromatic N) is 1. The Morgan fingerprint density at radius 3 is 2.88 bits per heavy atom. The number of benzene rings is 1. The summed E-state index contributed by atoms with van der Waals surface area (Å²) in [4.78, 5) is 0. The highest BCUT2D eigenvalue weighted by molar-refractivity contribution is 9.10. The van der Waals surface area contributed by atoms with Gasteiger partial charge in [-0.25, -0.2) is 0 Å². The fourth-order valence-corrected chi connectivity index (χ4v) is 1.68. The second-order valence-corrected chi connectivity index (χ2v) is 4.02. The van der Waals surface area contributed by atoms with Gasteiger partial charge in [0.1, 0.15) is 0 Å². The van der Waals surface area contributed by atoms with Gasteiger partial charge in [-0.3, -0.25) is 0 Å². The van der Waals surface area contributed by atoms with Crippen molar-refractivity contribution >= 4 is 21.6 Å². The van der Waals surface area contributed by atoms with Gasteiger partial charge < -0.3 is 15.2 Å². The highest BCUT2D eigenvalue weighted by Crippen LogP contribution is 2.18. The van der Waals surface area contributed by atoms with Crippen LogP contribution >= 0.6 is 15.9 Å². The van der Waals surface area contributed by atoms with E-state index in [0.717, 1.165) is 10.2 Å². The van der Waals surface area contributed by atoms with Gasteiger partial charge in [-0.15, -0.1) is 0 Å². The summed E-state index contributed by atoms with van der Waals surface area (Å²) in [6.45, 7) is 1.55. The fraction of sp³-hybridized carbons (Fsp3) is 0.364. The Balaban J connectivity index is 2.42. The van der Waals surface area contributed by atoms with Gasteiger partial charge in [0.15, 0.2) is 0 Å². The van der Waals surface area contributed by atoms with Crippen LogP contribution in [0.2, 0.25) is 0 Å². The molecule has 0 aromatic heterocycles. The van der Waals surface area contributed by atoms with E-state index >= 15 is 0 Å². The minimum atomic E-state index is 0.0372. The van der Waals surface area contributed by atoms with Crippen molar-refractivity contribution in [2.24, 2.45) is 0 Å². The highest BCUT2D eigenvalue weighted by atomic mass is 79.9. The average molecular weight is 285 g/mol. The number of aliphatic hydroxyl groups excluding tert-OH is 1. The molecule has 1 aromatic carbocycles. The summed E-state index contributed by atoms with van der Waals surface area (Å²) in [5.41, 5.74) is 1.48. The molecule has 0 bridgehead atoms. The minimum absolute atomic E-state index is 0.0372. The first-order chi connectivity index (χ1) is 7.76. The number of anilines is 1. The molecule has 86 valence electrons. The van der Waals surface area contributed by atoms with Crippen LogP contribution in [0, 0.1) is 11.3 Å². The van der Waals surface area contributed by atoms with Crippen LogP contribution in [0.5, 0.6) is 0 Å². The molecule has 0 heterocycles. The van der Waals surface area contributed by atoms with Crippen LogP contribution < -0.4 is 5.32 Å². The minimum Gasteiger partial charge on any atom is -0.394 e. The maximum atomic E-state index is 8.78. The highest BCUT2D eigenvalue weighted by Gasteiger charge is 1.98. The van der Waals surface area contributed by atoms with Gasteiger partial charge in [-0.2, -0.15) is 5.26 Å². The molecular weight excluding hydrogens is 272 g/mol. The average Bonchev–Trinajstić information content (AvgIpc) is 2.28. The Morgan fingerprint density at radius 2 is 2.19 bits per heavy atom. The monoisotopic (exact) mass is 284 g/mol. The van der Waals surface area contributed by atoms with E-state index < -0.39 is 0 Å². The van der Waals surface area contributed by atoms with Crippen LogP contribution in [0.1, 0.15) is 5.56 Å². The predicted molar refractivity (Wildman–Crippen MR) is 65.3 cm³/mol. The van der Waals surface area contributed by atoms with E-state index in [4.69, 9.17) is 15.1 Å². The van der Waals surface area contributed by atoms with Crippen molar-refractivity contribution in [1.82, 2.24) is 0 Å². The third-order valence-corrected chi connectivity index (χ3v) is 2.30. The zero-order valence-electron chi connectivity index (χ0n) is 8.74. The Hall–Kier alpha value is -1.09. The standard InChI is InChI=1S/C11H13BrN2O2/c12-10-5-9(8-13)6-11(7-10)14-1-3-16-4-2-15/h5-7,14-15H,1-4H2. The quantitative estimate of drug-likeness (QED) is 0.781. The first kappa shape index (κ1) is 13.0. The number of hydrogen-bond acceptors (Lipinski definition) is 4. The summed E-state index contributed by atoms with van der Waals surface area (Å²) in [5.74, 6) is 0. The number of nitriles is 1. The molecule has 0 saturated heterocycles. The normalized spacial score (nSPS) is 9.81. The first-order valence-corrected chi connectivity index (χ1v) is 5.68. The van der Waals surface area contributed by atoms with Gasteiger partial charge in [-0.05, 0) is 18.2 Å². The van der Waals surface area contributed by atoms with E-state index in [1.54, 1.807) is 12.1 Å². The van der Waals surface area contributed by atoms with Crippen molar-refractivity contribution in [1.29, 1.82) is 5.26 Å². The molecule has 0 radical (unpaired) electrons. The Morgan fingerprint density at radius 1 is 1.38 bits per heavy atom. The van der Waals surface area contributed by atoms with Gasteiger partial charge in [0.2, 0.25) is 0 Å². The largest absolute Gasteiger partial charge is 0.394 e. The molecule has 4 nitrogen and oxygen atoms in total. The predicted octanol–water partition coefficient (Wildman–Crippen LogP) is 1.74. The molecule has 0 amide bonds. The number of hydrogen-bond donors (Lipinski definition) is 2. The van der Waals surface area contributed by atoms with Crippen LogP contribution in [-0.4, -0.2) is 31.5 Å². The molecular formula is C11H13BrN2O2. The lowest BCUT2D eigenvalue weighted by molar-refractivity contribution is 0.0992. The molecule has 0 aliphatic rings. The molecule has 5 heteroatoms. The molecule has 0 aliphatic carbocycles. The Labute approximate surface area is 103 Å². The van der Waals surface area contributed by atoms with Crippen molar-refractivity contribution in [3.8, 4) is 6.07 Å². The molecule has 0 spiro atoms. The third kappa shape index (κ3) is 4.62. The second kappa shape index (κ2) is 7.23. The van der Waals surface area contributed by atoms with Crippen molar-refractivity contribution < 1.29 is 9.84 Å². The summed E-state index contributed by atoms with van der Waals surface area (Å²) in [6.07, 6.45) is 0. The van der Waals surface area contributed by atoms with Crippen molar-refractivity contribution in [3.05, 3.63) is 28.2 Å². The lowest BCUT2D eigenvalue weighted by atomic mass is 10.2. The molecule has 0 atom stereocenters. The van der Waals surface area contributed by atoms with Crippen molar-refractivity contribution in [2.75, 3.05) is 31.7 Å². The number of halogens is 1. The molecule has 1 rings (SSSR count). The fourth-order valence-electron chi connectivity index (χ4n) is 1.19. The van der Waals surface area contributed by atoms with Gasteiger partial charge in [0, 0.05) is 16.7 Å². The van der Waals surface area contributed by atoms with Gasteiger partial charge in [0.25, 0.3) is 0 Å². The van der Waals surface area contributed by atoms with E-state index in [0.29, 0.717) is 25.3 Å². The zero-order valence-corrected chi connectivity index (χ0v) is 10.3. The topological polar surface area (TPSA) is 65.3 Å². The summed E-state index contributed by atoms with van der Waals surface area (Å²) in [6, 6.07) is 7.51. The maximum absolute atomic E-state index is 8.78. The van der Waals surface area contributed by atoms with Crippen LogP contribution in [0.3, 0.4) is 0 Å². The van der Waals surface area contributed by atoms with Gasteiger partial charge >= 0.3 is 0 Å². The Kier molecular flexibility index (Phi) is 5.86. The molecule has 16 heavy (non-hydrogen) atoms. The molecule has 2 N–H and O–H groups in total. The van der Waals surface area contributed by atoms with E-state index in [9.17, 15) is 0 Å². The van der Waals surface area contributed by atoms with Gasteiger partial charge in [0.05, 0.1) is 31.5 Å². The molecule has 0 aliphatic heterocycles. The van der Waals surface area contributed by atoms with Gasteiger partial charge in [-0.1, -0.05) is 15.9 Å². The van der Waals surface area contributed by atoms with Crippen LogP contribution in [-0.2, 0) is 4.74 Å². The van der Waals surface area contributed by atoms with Crippen LogP contribution in [0.25, 0.3) is 0 Å². The Bertz CT molecular complexity index is 377. The number of ether oxygens (including phenoxy) is 1. The van der Waals surface area contributed by atoms with E-state index in [2.05, 4.69) is 27.3 Å². The van der Waals surface area contributed by atoms with Crippen LogP contribution in [0.15, 0.2) is 22.7 Å². The smallest absolute Gasteiger partial charge is 0.0992 e.